The van der Waals surface area contributed by atoms with Crippen LogP contribution >= 0.6 is 0 Å². The first-order valence-electron chi connectivity index (χ1n) is 9.16. The van der Waals surface area contributed by atoms with Gasteiger partial charge in [-0.15, -0.1) is 0 Å². The highest BCUT2D eigenvalue weighted by molar-refractivity contribution is 5.95. The first-order valence-corrected chi connectivity index (χ1v) is 9.16. The number of carbonyl (C=O) groups is 1. The third-order valence-corrected chi connectivity index (χ3v) is 4.47. The Kier molecular flexibility index (Phi) is 6.40. The SMILES string of the molecule is O=C(NCCCOCC1CCCO1)c1ccc(NC2CC2)c([N+](=O)[O-])c1. The van der Waals surface area contributed by atoms with Gasteiger partial charge < -0.3 is 20.1 Å². The van der Waals surface area contributed by atoms with Gasteiger partial charge in [-0.25, -0.2) is 0 Å². The lowest BCUT2D eigenvalue weighted by Gasteiger charge is -2.11. The van der Waals surface area contributed by atoms with Gasteiger partial charge in [-0.3, -0.25) is 14.9 Å². The van der Waals surface area contributed by atoms with Crippen molar-refractivity contribution in [2.24, 2.45) is 0 Å². The van der Waals surface area contributed by atoms with Gasteiger partial charge in [0.2, 0.25) is 0 Å². The summed E-state index contributed by atoms with van der Waals surface area (Å²) in [5.41, 5.74) is 0.694. The maximum atomic E-state index is 12.2. The summed E-state index contributed by atoms with van der Waals surface area (Å²) in [5.74, 6) is -0.315. The number of anilines is 1. The van der Waals surface area contributed by atoms with Crippen molar-refractivity contribution in [1.82, 2.24) is 5.32 Å². The fourth-order valence-corrected chi connectivity index (χ4v) is 2.86. The molecule has 142 valence electrons. The Balaban J connectivity index is 1.41. The van der Waals surface area contributed by atoms with Gasteiger partial charge in [0.15, 0.2) is 0 Å². The molecule has 0 radical (unpaired) electrons. The first kappa shape index (κ1) is 18.6. The Morgan fingerprint density at radius 1 is 1.35 bits per heavy atom. The van der Waals surface area contributed by atoms with Crippen molar-refractivity contribution < 1.29 is 19.2 Å². The van der Waals surface area contributed by atoms with Gasteiger partial charge in [-0.05, 0) is 44.2 Å². The van der Waals surface area contributed by atoms with Crippen LogP contribution in [0.4, 0.5) is 11.4 Å². The van der Waals surface area contributed by atoms with Crippen LogP contribution in [0.3, 0.4) is 0 Å². The molecule has 0 spiro atoms. The van der Waals surface area contributed by atoms with E-state index in [-0.39, 0.29) is 17.7 Å². The van der Waals surface area contributed by atoms with E-state index in [0.29, 0.717) is 43.5 Å². The number of hydrogen-bond donors (Lipinski definition) is 2. The molecule has 1 amide bonds. The van der Waals surface area contributed by atoms with Crippen molar-refractivity contribution in [3.63, 3.8) is 0 Å². The zero-order valence-electron chi connectivity index (χ0n) is 14.7. The van der Waals surface area contributed by atoms with Crippen molar-refractivity contribution in [1.29, 1.82) is 0 Å². The van der Waals surface area contributed by atoms with Gasteiger partial charge in [0.05, 0.1) is 17.6 Å². The van der Waals surface area contributed by atoms with Crippen LogP contribution in [0, 0.1) is 10.1 Å². The number of hydrogen-bond acceptors (Lipinski definition) is 6. The molecule has 1 unspecified atom stereocenters. The van der Waals surface area contributed by atoms with Gasteiger partial charge in [0.1, 0.15) is 5.69 Å². The Morgan fingerprint density at radius 3 is 2.88 bits per heavy atom. The Morgan fingerprint density at radius 2 is 2.19 bits per heavy atom. The number of nitro benzene ring substituents is 1. The zero-order chi connectivity index (χ0) is 18.4. The molecule has 3 rings (SSSR count). The van der Waals surface area contributed by atoms with E-state index in [2.05, 4.69) is 10.6 Å². The van der Waals surface area contributed by atoms with E-state index in [1.807, 2.05) is 0 Å². The molecule has 2 N–H and O–H groups in total. The third-order valence-electron chi connectivity index (χ3n) is 4.47. The second-order valence-corrected chi connectivity index (χ2v) is 6.73. The summed E-state index contributed by atoms with van der Waals surface area (Å²) < 4.78 is 11.0. The third kappa shape index (κ3) is 5.40. The van der Waals surface area contributed by atoms with E-state index in [9.17, 15) is 14.9 Å². The minimum Gasteiger partial charge on any atom is -0.379 e. The van der Waals surface area contributed by atoms with Crippen LogP contribution in [0.15, 0.2) is 18.2 Å². The van der Waals surface area contributed by atoms with E-state index >= 15 is 0 Å². The van der Waals surface area contributed by atoms with Crippen LogP contribution in [0.25, 0.3) is 0 Å². The van der Waals surface area contributed by atoms with Gasteiger partial charge in [-0.2, -0.15) is 0 Å². The maximum absolute atomic E-state index is 12.2. The standard InChI is InChI=1S/C18H25N3O5/c22-18(19-8-2-9-25-12-15-3-1-10-26-15)13-4-7-16(20-14-5-6-14)17(11-13)21(23)24/h4,7,11,14-15,20H,1-3,5-6,8-10,12H2,(H,19,22). The molecule has 0 bridgehead atoms. The lowest BCUT2D eigenvalue weighted by atomic mass is 10.1. The van der Waals surface area contributed by atoms with Crippen LogP contribution in [0.1, 0.15) is 42.5 Å². The highest BCUT2D eigenvalue weighted by Gasteiger charge is 2.25. The van der Waals surface area contributed by atoms with E-state index in [1.54, 1.807) is 12.1 Å². The minimum atomic E-state index is -0.458. The van der Waals surface area contributed by atoms with Crippen LogP contribution in [-0.4, -0.2) is 49.3 Å². The molecule has 1 saturated carbocycles. The van der Waals surface area contributed by atoms with E-state index in [4.69, 9.17) is 9.47 Å². The van der Waals surface area contributed by atoms with Crippen molar-refractivity contribution in [2.45, 2.75) is 44.2 Å². The first-order chi connectivity index (χ1) is 12.6. The topological polar surface area (TPSA) is 103 Å². The molecule has 1 aromatic carbocycles. The Hall–Kier alpha value is -2.19. The Bertz CT molecular complexity index is 642. The normalized spacial score (nSPS) is 19.3. The number of amides is 1. The van der Waals surface area contributed by atoms with Crippen LogP contribution in [0.5, 0.6) is 0 Å². The largest absolute Gasteiger partial charge is 0.379 e. The van der Waals surface area contributed by atoms with Gasteiger partial charge in [0.25, 0.3) is 11.6 Å². The van der Waals surface area contributed by atoms with Gasteiger partial charge in [0, 0.05) is 37.4 Å². The lowest BCUT2D eigenvalue weighted by Crippen LogP contribution is -2.26. The number of benzene rings is 1. The van der Waals surface area contributed by atoms with E-state index in [1.165, 1.54) is 6.07 Å². The van der Waals surface area contributed by atoms with Crippen molar-refractivity contribution in [3.8, 4) is 0 Å². The van der Waals surface area contributed by atoms with E-state index in [0.717, 1.165) is 32.3 Å². The van der Waals surface area contributed by atoms with Gasteiger partial charge >= 0.3 is 0 Å². The molecule has 1 aliphatic heterocycles. The summed E-state index contributed by atoms with van der Waals surface area (Å²) in [7, 11) is 0. The summed E-state index contributed by atoms with van der Waals surface area (Å²) >= 11 is 0. The fourth-order valence-electron chi connectivity index (χ4n) is 2.86. The summed E-state index contributed by atoms with van der Waals surface area (Å²) in [6, 6.07) is 4.86. The highest BCUT2D eigenvalue weighted by atomic mass is 16.6. The minimum absolute atomic E-state index is 0.0653. The van der Waals surface area contributed by atoms with Gasteiger partial charge in [-0.1, -0.05) is 0 Å². The molecule has 1 saturated heterocycles. The molecule has 2 fully saturated rings. The molecule has 8 heteroatoms. The quantitative estimate of drug-likeness (QED) is 0.376. The molecule has 8 nitrogen and oxygen atoms in total. The molecular weight excluding hydrogens is 338 g/mol. The summed E-state index contributed by atoms with van der Waals surface area (Å²) in [5, 5.41) is 17.1. The maximum Gasteiger partial charge on any atom is 0.293 e. The van der Waals surface area contributed by atoms with Crippen molar-refractivity contribution in [3.05, 3.63) is 33.9 Å². The van der Waals surface area contributed by atoms with Crippen LogP contribution in [-0.2, 0) is 9.47 Å². The number of nitrogens with zero attached hydrogens (tertiary/aromatic N) is 1. The number of nitrogens with one attached hydrogen (secondary N) is 2. The molecule has 1 aromatic rings. The number of ether oxygens (including phenoxy) is 2. The molecule has 0 aromatic heterocycles. The number of carbonyl (C=O) groups excluding carboxylic acids is 1. The molecule has 1 heterocycles. The second kappa shape index (κ2) is 8.95. The lowest BCUT2D eigenvalue weighted by molar-refractivity contribution is -0.384. The van der Waals surface area contributed by atoms with Crippen LogP contribution in [0.2, 0.25) is 0 Å². The zero-order valence-corrected chi connectivity index (χ0v) is 14.7. The average Bonchev–Trinajstić information content (AvgIpc) is 3.29. The number of rotatable bonds is 10. The predicted molar refractivity (Wildman–Crippen MR) is 96.5 cm³/mol. The second-order valence-electron chi connectivity index (χ2n) is 6.73. The summed E-state index contributed by atoms with van der Waals surface area (Å²) in [6.45, 7) is 2.41. The molecular formula is C18H25N3O5. The molecule has 1 aliphatic carbocycles. The van der Waals surface area contributed by atoms with E-state index < -0.39 is 4.92 Å². The molecule has 26 heavy (non-hydrogen) atoms. The molecule has 2 aliphatic rings. The molecule has 1 atom stereocenters. The highest BCUT2D eigenvalue weighted by Crippen LogP contribution is 2.31. The van der Waals surface area contributed by atoms with Crippen LogP contribution < -0.4 is 10.6 Å². The summed E-state index contributed by atoms with van der Waals surface area (Å²) in [6.07, 6.45) is 5.06. The monoisotopic (exact) mass is 363 g/mol. The smallest absolute Gasteiger partial charge is 0.293 e. The fraction of sp³-hybridized carbons (Fsp3) is 0.611. The number of nitro groups is 1. The van der Waals surface area contributed by atoms with Crippen molar-refractivity contribution >= 4 is 17.3 Å². The van der Waals surface area contributed by atoms with Crippen molar-refractivity contribution in [2.75, 3.05) is 31.7 Å². The average molecular weight is 363 g/mol. The predicted octanol–water partition coefficient (Wildman–Crippen LogP) is 2.48. The summed E-state index contributed by atoms with van der Waals surface area (Å²) in [4.78, 5) is 23.0. The Labute approximate surface area is 152 Å².